The Balaban J connectivity index is 2.39. The van der Waals surface area contributed by atoms with Crippen LogP contribution < -0.4 is 10.1 Å². The van der Waals surface area contributed by atoms with Crippen LogP contribution in [0, 0.1) is 0 Å². The zero-order valence-electron chi connectivity index (χ0n) is 11.7. The van der Waals surface area contributed by atoms with Crippen LogP contribution in [0.5, 0.6) is 5.75 Å². The fourth-order valence-electron chi connectivity index (χ4n) is 2.08. The molecule has 0 spiro atoms. The number of anilines is 1. The predicted octanol–water partition coefficient (Wildman–Crippen LogP) is 4.82. The van der Waals surface area contributed by atoms with Crippen LogP contribution in [0.4, 0.5) is 5.69 Å². The Morgan fingerprint density at radius 1 is 1.14 bits per heavy atom. The van der Waals surface area contributed by atoms with Crippen molar-refractivity contribution >= 4 is 34.8 Å². The van der Waals surface area contributed by atoms with Gasteiger partial charge in [0.05, 0.1) is 17.2 Å². The zero-order chi connectivity index (χ0) is 15.4. The molecule has 0 aliphatic rings. The predicted molar refractivity (Wildman–Crippen MR) is 86.8 cm³/mol. The van der Waals surface area contributed by atoms with Gasteiger partial charge in [0.2, 0.25) is 0 Å². The number of carbonyl (C=O) groups is 1. The summed E-state index contributed by atoms with van der Waals surface area (Å²) in [5.74, 6) is -0.0732. The van der Waals surface area contributed by atoms with Gasteiger partial charge in [0.1, 0.15) is 5.56 Å². The molecular formula is C16H15Cl2NO2. The summed E-state index contributed by atoms with van der Waals surface area (Å²) in [7, 11) is 1.45. The lowest BCUT2D eigenvalue weighted by Crippen LogP contribution is -2.15. The Morgan fingerprint density at radius 3 is 2.48 bits per heavy atom. The number of hydrogen-bond acceptors (Lipinski definition) is 2. The summed E-state index contributed by atoms with van der Waals surface area (Å²) in [6.45, 7) is 2.03. The molecule has 5 heteroatoms. The molecule has 0 fully saturated rings. The van der Waals surface area contributed by atoms with Gasteiger partial charge in [0.25, 0.3) is 5.91 Å². The SMILES string of the molecule is CCc1ccccc1NC(=O)c1c(Cl)ccc(Cl)c1OC. The number of hydrogen-bond donors (Lipinski definition) is 1. The van der Waals surface area contributed by atoms with Crippen molar-refractivity contribution < 1.29 is 9.53 Å². The van der Waals surface area contributed by atoms with Crippen molar-refractivity contribution in [2.75, 3.05) is 12.4 Å². The average Bonchev–Trinajstić information content (AvgIpc) is 2.49. The number of carbonyl (C=O) groups excluding carboxylic acids is 1. The van der Waals surface area contributed by atoms with Crippen LogP contribution in [0.15, 0.2) is 36.4 Å². The fourth-order valence-corrected chi connectivity index (χ4v) is 2.55. The number of rotatable bonds is 4. The first-order chi connectivity index (χ1) is 10.1. The molecule has 2 aromatic rings. The van der Waals surface area contributed by atoms with Crippen LogP contribution >= 0.6 is 23.2 Å². The quantitative estimate of drug-likeness (QED) is 0.876. The molecule has 2 rings (SSSR count). The van der Waals surface area contributed by atoms with Gasteiger partial charge in [-0.25, -0.2) is 0 Å². The second kappa shape index (κ2) is 6.83. The van der Waals surface area contributed by atoms with Crippen molar-refractivity contribution in [2.45, 2.75) is 13.3 Å². The van der Waals surface area contributed by atoms with Gasteiger partial charge in [0.15, 0.2) is 5.75 Å². The molecule has 21 heavy (non-hydrogen) atoms. The van der Waals surface area contributed by atoms with E-state index in [-0.39, 0.29) is 17.2 Å². The minimum atomic E-state index is -0.347. The monoisotopic (exact) mass is 323 g/mol. The highest BCUT2D eigenvalue weighted by molar-refractivity contribution is 6.37. The van der Waals surface area contributed by atoms with Gasteiger partial charge in [0, 0.05) is 5.69 Å². The molecule has 0 radical (unpaired) electrons. The first-order valence-electron chi connectivity index (χ1n) is 6.49. The number of benzene rings is 2. The van der Waals surface area contributed by atoms with E-state index in [1.165, 1.54) is 7.11 Å². The lowest BCUT2D eigenvalue weighted by Gasteiger charge is -2.14. The molecule has 0 aliphatic carbocycles. The Bertz CT molecular complexity index is 671. The summed E-state index contributed by atoms with van der Waals surface area (Å²) >= 11 is 12.2. The molecule has 3 nitrogen and oxygen atoms in total. The van der Waals surface area contributed by atoms with E-state index in [4.69, 9.17) is 27.9 Å². The van der Waals surface area contributed by atoms with E-state index in [2.05, 4.69) is 5.32 Å². The summed E-state index contributed by atoms with van der Waals surface area (Å²) in [5, 5.41) is 3.50. The van der Waals surface area contributed by atoms with Crippen molar-refractivity contribution in [3.8, 4) is 5.75 Å². The van der Waals surface area contributed by atoms with Crippen molar-refractivity contribution in [1.29, 1.82) is 0 Å². The Hall–Kier alpha value is -1.71. The van der Waals surface area contributed by atoms with E-state index in [1.54, 1.807) is 12.1 Å². The molecule has 1 N–H and O–H groups in total. The molecule has 110 valence electrons. The van der Waals surface area contributed by atoms with Gasteiger partial charge < -0.3 is 10.1 Å². The molecule has 1 amide bonds. The highest BCUT2D eigenvalue weighted by atomic mass is 35.5. The molecule has 0 unspecified atom stereocenters. The number of ether oxygens (including phenoxy) is 1. The molecule has 0 bridgehead atoms. The van der Waals surface area contributed by atoms with Gasteiger partial charge in [-0.2, -0.15) is 0 Å². The summed E-state index contributed by atoms with van der Waals surface area (Å²) in [4.78, 5) is 12.5. The topological polar surface area (TPSA) is 38.3 Å². The average molecular weight is 324 g/mol. The molecule has 2 aromatic carbocycles. The van der Waals surface area contributed by atoms with Gasteiger partial charge >= 0.3 is 0 Å². The minimum Gasteiger partial charge on any atom is -0.494 e. The number of halogens is 2. The van der Waals surface area contributed by atoms with Crippen LogP contribution in [-0.4, -0.2) is 13.0 Å². The maximum Gasteiger partial charge on any atom is 0.261 e. The van der Waals surface area contributed by atoms with Crippen LogP contribution in [-0.2, 0) is 6.42 Å². The van der Waals surface area contributed by atoms with Crippen molar-refractivity contribution in [1.82, 2.24) is 0 Å². The van der Waals surface area contributed by atoms with Crippen LogP contribution in [0.1, 0.15) is 22.8 Å². The molecular weight excluding hydrogens is 309 g/mol. The Labute approximate surface area is 133 Å². The lowest BCUT2D eigenvalue weighted by atomic mass is 10.1. The standard InChI is InChI=1S/C16H15Cl2NO2/c1-3-10-6-4-5-7-13(10)19-16(20)14-11(17)8-9-12(18)15(14)21-2/h4-9H,3H2,1-2H3,(H,19,20). The van der Waals surface area contributed by atoms with Gasteiger partial charge in [-0.15, -0.1) is 0 Å². The highest BCUT2D eigenvalue weighted by Gasteiger charge is 2.20. The fraction of sp³-hybridized carbons (Fsp3) is 0.188. The molecule has 0 aliphatic heterocycles. The van der Waals surface area contributed by atoms with Crippen LogP contribution in [0.25, 0.3) is 0 Å². The summed E-state index contributed by atoms with van der Waals surface area (Å²) < 4.78 is 5.20. The second-order valence-electron chi connectivity index (χ2n) is 4.40. The molecule has 0 atom stereocenters. The van der Waals surface area contributed by atoms with E-state index in [0.29, 0.717) is 10.0 Å². The largest absolute Gasteiger partial charge is 0.494 e. The maximum atomic E-state index is 12.5. The normalized spacial score (nSPS) is 10.3. The lowest BCUT2D eigenvalue weighted by molar-refractivity contribution is 0.102. The molecule has 0 saturated heterocycles. The van der Waals surface area contributed by atoms with Gasteiger partial charge in [-0.05, 0) is 30.2 Å². The van der Waals surface area contributed by atoms with Crippen LogP contribution in [0.3, 0.4) is 0 Å². The summed E-state index contributed by atoms with van der Waals surface area (Å²) in [5.41, 5.74) is 2.03. The van der Waals surface area contributed by atoms with E-state index in [0.717, 1.165) is 17.7 Å². The molecule has 0 saturated carbocycles. The number of nitrogens with one attached hydrogen (secondary N) is 1. The third-order valence-corrected chi connectivity index (χ3v) is 3.75. The minimum absolute atomic E-state index is 0.234. The maximum absolute atomic E-state index is 12.5. The first kappa shape index (κ1) is 15.7. The van der Waals surface area contributed by atoms with E-state index >= 15 is 0 Å². The van der Waals surface area contributed by atoms with Crippen LogP contribution in [0.2, 0.25) is 10.0 Å². The van der Waals surface area contributed by atoms with E-state index in [9.17, 15) is 4.79 Å². The molecule has 0 heterocycles. The van der Waals surface area contributed by atoms with Crippen molar-refractivity contribution in [3.63, 3.8) is 0 Å². The summed E-state index contributed by atoms with van der Waals surface area (Å²) in [6, 6.07) is 10.8. The number of para-hydroxylation sites is 1. The second-order valence-corrected chi connectivity index (χ2v) is 5.22. The zero-order valence-corrected chi connectivity index (χ0v) is 13.3. The smallest absolute Gasteiger partial charge is 0.261 e. The number of amides is 1. The first-order valence-corrected chi connectivity index (χ1v) is 7.25. The number of aryl methyl sites for hydroxylation is 1. The third-order valence-electron chi connectivity index (χ3n) is 3.14. The Morgan fingerprint density at radius 2 is 1.81 bits per heavy atom. The molecule has 0 aromatic heterocycles. The van der Waals surface area contributed by atoms with Crippen molar-refractivity contribution in [3.05, 3.63) is 57.6 Å². The van der Waals surface area contributed by atoms with E-state index < -0.39 is 0 Å². The Kier molecular flexibility index (Phi) is 5.10. The third kappa shape index (κ3) is 3.31. The van der Waals surface area contributed by atoms with Gasteiger partial charge in [-0.1, -0.05) is 48.3 Å². The number of methoxy groups -OCH3 is 1. The van der Waals surface area contributed by atoms with Gasteiger partial charge in [-0.3, -0.25) is 4.79 Å². The highest BCUT2D eigenvalue weighted by Crippen LogP contribution is 2.34. The van der Waals surface area contributed by atoms with Crippen molar-refractivity contribution in [2.24, 2.45) is 0 Å². The summed E-state index contributed by atoms with van der Waals surface area (Å²) in [6.07, 6.45) is 0.816. The van der Waals surface area contributed by atoms with E-state index in [1.807, 2.05) is 31.2 Å².